The number of hydrogen-bond donors (Lipinski definition) is 1. The molecule has 0 atom stereocenters. The number of nitrogens with one attached hydrogen (secondary N) is 1. The Morgan fingerprint density at radius 2 is 1.83 bits per heavy atom. The third kappa shape index (κ3) is 4.82. The number of urea groups is 1. The standard InChI is InChI=1S/C20H27N3O/c1-5-23(15-13-16-10-8-9-14-21-16)19(24)22-18-12-7-6-11-17(18)20(2,3)4/h6-12,14H,5,13,15H2,1-4H3,(H,22,24). The van der Waals surface area contributed by atoms with Crippen LogP contribution >= 0.6 is 0 Å². The minimum absolute atomic E-state index is 0.0190. The van der Waals surface area contributed by atoms with Gasteiger partial charge in [0.1, 0.15) is 0 Å². The third-order valence-electron chi connectivity index (χ3n) is 4.01. The molecule has 1 aromatic carbocycles. The van der Waals surface area contributed by atoms with Crippen LogP contribution in [-0.2, 0) is 11.8 Å². The molecule has 0 aliphatic rings. The maximum atomic E-state index is 12.6. The minimum Gasteiger partial charge on any atom is -0.324 e. The summed E-state index contributed by atoms with van der Waals surface area (Å²) in [5, 5.41) is 3.07. The Bertz CT molecular complexity index is 662. The molecule has 0 aliphatic heterocycles. The third-order valence-corrected chi connectivity index (χ3v) is 4.01. The van der Waals surface area contributed by atoms with Gasteiger partial charge < -0.3 is 10.2 Å². The first kappa shape index (κ1) is 18.0. The molecule has 2 rings (SSSR count). The van der Waals surface area contributed by atoms with Crippen molar-refractivity contribution in [2.75, 3.05) is 18.4 Å². The molecule has 2 aromatic rings. The molecule has 0 aliphatic carbocycles. The van der Waals surface area contributed by atoms with Crippen LogP contribution in [0.5, 0.6) is 0 Å². The van der Waals surface area contributed by atoms with E-state index in [4.69, 9.17) is 0 Å². The predicted molar refractivity (Wildman–Crippen MR) is 99.3 cm³/mol. The zero-order valence-electron chi connectivity index (χ0n) is 15.0. The number of pyridine rings is 1. The van der Waals surface area contributed by atoms with Gasteiger partial charge in [-0.3, -0.25) is 4.98 Å². The van der Waals surface area contributed by atoms with E-state index < -0.39 is 0 Å². The quantitative estimate of drug-likeness (QED) is 0.881. The fraction of sp³-hybridized carbons (Fsp3) is 0.400. The summed E-state index contributed by atoms with van der Waals surface area (Å²) in [6, 6.07) is 13.8. The van der Waals surface area contributed by atoms with Crippen molar-refractivity contribution < 1.29 is 4.79 Å². The van der Waals surface area contributed by atoms with E-state index in [1.165, 1.54) is 0 Å². The highest BCUT2D eigenvalue weighted by Crippen LogP contribution is 2.29. The molecular formula is C20H27N3O. The summed E-state index contributed by atoms with van der Waals surface area (Å²) < 4.78 is 0. The molecule has 0 spiro atoms. The Kier molecular flexibility index (Phi) is 5.96. The average Bonchev–Trinajstić information content (AvgIpc) is 2.56. The number of para-hydroxylation sites is 1. The summed E-state index contributed by atoms with van der Waals surface area (Å²) in [6.07, 6.45) is 2.54. The lowest BCUT2D eigenvalue weighted by atomic mass is 9.86. The molecule has 0 radical (unpaired) electrons. The topological polar surface area (TPSA) is 45.2 Å². The number of aromatic nitrogens is 1. The van der Waals surface area contributed by atoms with E-state index in [-0.39, 0.29) is 11.4 Å². The summed E-state index contributed by atoms with van der Waals surface area (Å²) in [5.74, 6) is 0. The van der Waals surface area contributed by atoms with Crippen molar-refractivity contribution >= 4 is 11.7 Å². The van der Waals surface area contributed by atoms with E-state index in [9.17, 15) is 4.79 Å². The number of nitrogens with zero attached hydrogens (tertiary/aromatic N) is 2. The van der Waals surface area contributed by atoms with E-state index in [0.29, 0.717) is 13.1 Å². The van der Waals surface area contributed by atoms with Gasteiger partial charge >= 0.3 is 6.03 Å². The van der Waals surface area contributed by atoms with Crippen molar-refractivity contribution in [3.8, 4) is 0 Å². The first-order chi connectivity index (χ1) is 11.4. The summed E-state index contributed by atoms with van der Waals surface area (Å²) in [7, 11) is 0. The highest BCUT2D eigenvalue weighted by Gasteiger charge is 2.20. The van der Waals surface area contributed by atoms with Gasteiger partial charge in [-0.15, -0.1) is 0 Å². The number of rotatable bonds is 5. The Morgan fingerprint density at radius 1 is 1.12 bits per heavy atom. The average molecular weight is 325 g/mol. The first-order valence-corrected chi connectivity index (χ1v) is 8.47. The second-order valence-corrected chi connectivity index (χ2v) is 6.88. The molecule has 0 bridgehead atoms. The van der Waals surface area contributed by atoms with Crippen molar-refractivity contribution in [3.63, 3.8) is 0 Å². The molecule has 0 saturated heterocycles. The summed E-state index contributed by atoms with van der Waals surface area (Å²) in [6.45, 7) is 9.75. The van der Waals surface area contributed by atoms with Crippen LogP contribution in [0.3, 0.4) is 0 Å². The number of hydrogen-bond acceptors (Lipinski definition) is 2. The number of anilines is 1. The molecule has 0 fully saturated rings. The lowest BCUT2D eigenvalue weighted by Crippen LogP contribution is -2.37. The zero-order valence-corrected chi connectivity index (χ0v) is 15.0. The lowest BCUT2D eigenvalue weighted by molar-refractivity contribution is 0.215. The molecule has 4 heteroatoms. The number of carbonyl (C=O) groups is 1. The van der Waals surface area contributed by atoms with Gasteiger partial charge in [0, 0.05) is 37.1 Å². The molecule has 4 nitrogen and oxygen atoms in total. The van der Waals surface area contributed by atoms with E-state index in [1.807, 2.05) is 48.2 Å². The lowest BCUT2D eigenvalue weighted by Gasteiger charge is -2.26. The van der Waals surface area contributed by atoms with Crippen LogP contribution < -0.4 is 5.32 Å². The number of likely N-dealkylation sites (N-methyl/N-ethyl adjacent to an activating group) is 1. The number of amides is 2. The van der Waals surface area contributed by atoms with E-state index in [2.05, 4.69) is 37.1 Å². The maximum Gasteiger partial charge on any atom is 0.321 e. The van der Waals surface area contributed by atoms with Crippen LogP contribution in [0.1, 0.15) is 39.0 Å². The second kappa shape index (κ2) is 7.95. The summed E-state index contributed by atoms with van der Waals surface area (Å²) in [5.41, 5.74) is 3.00. The fourth-order valence-corrected chi connectivity index (χ4v) is 2.64. The van der Waals surface area contributed by atoms with Crippen molar-refractivity contribution in [2.24, 2.45) is 0 Å². The SMILES string of the molecule is CCN(CCc1ccccn1)C(=O)Nc1ccccc1C(C)(C)C. The van der Waals surface area contributed by atoms with Crippen molar-refractivity contribution in [1.29, 1.82) is 0 Å². The summed E-state index contributed by atoms with van der Waals surface area (Å²) >= 11 is 0. The van der Waals surface area contributed by atoms with Crippen molar-refractivity contribution in [1.82, 2.24) is 9.88 Å². The molecule has 128 valence electrons. The monoisotopic (exact) mass is 325 g/mol. The molecule has 24 heavy (non-hydrogen) atoms. The molecule has 2 amide bonds. The highest BCUT2D eigenvalue weighted by atomic mass is 16.2. The highest BCUT2D eigenvalue weighted by molar-refractivity contribution is 5.90. The van der Waals surface area contributed by atoms with Crippen LogP contribution in [0.4, 0.5) is 10.5 Å². The molecule has 1 heterocycles. The molecule has 0 saturated carbocycles. The maximum absolute atomic E-state index is 12.6. The van der Waals surface area contributed by atoms with Gasteiger partial charge in [-0.25, -0.2) is 4.79 Å². The summed E-state index contributed by atoms with van der Waals surface area (Å²) in [4.78, 5) is 18.8. The predicted octanol–water partition coefficient (Wildman–Crippen LogP) is 4.48. The molecule has 1 aromatic heterocycles. The van der Waals surface area contributed by atoms with Crippen LogP contribution in [-0.4, -0.2) is 29.0 Å². The van der Waals surface area contributed by atoms with Crippen LogP contribution in [0.25, 0.3) is 0 Å². The van der Waals surface area contributed by atoms with Gasteiger partial charge in [-0.1, -0.05) is 45.0 Å². The Morgan fingerprint density at radius 3 is 2.46 bits per heavy atom. The van der Waals surface area contributed by atoms with Crippen LogP contribution in [0, 0.1) is 0 Å². The van der Waals surface area contributed by atoms with Gasteiger partial charge in [-0.2, -0.15) is 0 Å². The largest absolute Gasteiger partial charge is 0.324 e. The smallest absolute Gasteiger partial charge is 0.321 e. The second-order valence-electron chi connectivity index (χ2n) is 6.88. The Hall–Kier alpha value is -2.36. The van der Waals surface area contributed by atoms with E-state index >= 15 is 0 Å². The van der Waals surface area contributed by atoms with Crippen molar-refractivity contribution in [2.45, 2.75) is 39.5 Å². The van der Waals surface area contributed by atoms with Gasteiger partial charge in [0.15, 0.2) is 0 Å². The van der Waals surface area contributed by atoms with E-state index in [1.54, 1.807) is 6.20 Å². The van der Waals surface area contributed by atoms with Gasteiger partial charge in [0.25, 0.3) is 0 Å². The fourth-order valence-electron chi connectivity index (χ4n) is 2.64. The Balaban J connectivity index is 2.05. The molecule has 0 unspecified atom stereocenters. The Labute approximate surface area is 144 Å². The van der Waals surface area contributed by atoms with Crippen LogP contribution in [0.15, 0.2) is 48.7 Å². The van der Waals surface area contributed by atoms with Gasteiger partial charge in [0.05, 0.1) is 0 Å². The number of benzene rings is 1. The van der Waals surface area contributed by atoms with E-state index in [0.717, 1.165) is 23.4 Å². The van der Waals surface area contributed by atoms with Gasteiger partial charge in [0.2, 0.25) is 0 Å². The minimum atomic E-state index is -0.0647. The van der Waals surface area contributed by atoms with Crippen molar-refractivity contribution in [3.05, 3.63) is 59.9 Å². The number of carbonyl (C=O) groups excluding carboxylic acids is 1. The molecule has 1 N–H and O–H groups in total. The molecular weight excluding hydrogens is 298 g/mol. The van der Waals surface area contributed by atoms with Gasteiger partial charge in [-0.05, 0) is 36.1 Å². The normalized spacial score (nSPS) is 11.2. The zero-order chi connectivity index (χ0) is 17.6. The first-order valence-electron chi connectivity index (χ1n) is 8.47. The van der Waals surface area contributed by atoms with Crippen LogP contribution in [0.2, 0.25) is 0 Å².